The van der Waals surface area contributed by atoms with E-state index in [2.05, 4.69) is 14.7 Å². The van der Waals surface area contributed by atoms with Crippen molar-refractivity contribution < 1.29 is 19.8 Å². The van der Waals surface area contributed by atoms with Gasteiger partial charge in [-0.25, -0.2) is 0 Å². The van der Waals surface area contributed by atoms with E-state index in [1.807, 2.05) is 31.2 Å². The number of hydrogen-bond donors (Lipinski definition) is 2. The molecule has 2 fully saturated rings. The van der Waals surface area contributed by atoms with Crippen LogP contribution in [0.2, 0.25) is 5.02 Å². The first kappa shape index (κ1) is 25.9. The molecule has 7 nitrogen and oxygen atoms in total. The number of likely N-dealkylation sites (tertiary alicyclic amines) is 1. The van der Waals surface area contributed by atoms with E-state index in [0.717, 1.165) is 69.4 Å². The highest BCUT2D eigenvalue weighted by molar-refractivity contribution is 7.99. The summed E-state index contributed by atoms with van der Waals surface area (Å²) in [4.78, 5) is 28.1. The molecule has 2 saturated heterocycles. The summed E-state index contributed by atoms with van der Waals surface area (Å²) in [5.74, 6) is 1.10. The van der Waals surface area contributed by atoms with Crippen molar-refractivity contribution in [1.82, 2.24) is 14.7 Å². The molecule has 174 valence electrons. The highest BCUT2D eigenvalue weighted by Gasteiger charge is 2.30. The molecule has 2 aliphatic rings. The number of carboxylic acid groups (broad SMARTS) is 1. The molecule has 2 N–H and O–H groups in total. The van der Waals surface area contributed by atoms with Crippen molar-refractivity contribution in [1.29, 1.82) is 0 Å². The lowest BCUT2D eigenvalue weighted by molar-refractivity contribution is -0.132. The van der Waals surface area contributed by atoms with Gasteiger partial charge in [-0.1, -0.05) is 23.7 Å². The number of aliphatic hydroxyl groups excluding tert-OH is 1. The maximum Gasteiger partial charge on any atom is 0.290 e. The summed E-state index contributed by atoms with van der Waals surface area (Å²) in [6.07, 6.45) is 2.14. The molecule has 2 heterocycles. The van der Waals surface area contributed by atoms with Crippen LogP contribution in [0.1, 0.15) is 25.3 Å². The lowest BCUT2D eigenvalue weighted by Gasteiger charge is -2.43. The summed E-state index contributed by atoms with van der Waals surface area (Å²) in [6.45, 7) is 8.77. The van der Waals surface area contributed by atoms with Gasteiger partial charge in [0.15, 0.2) is 0 Å². The number of halogens is 1. The maximum absolute atomic E-state index is 12.8. The van der Waals surface area contributed by atoms with Crippen LogP contribution >= 0.6 is 23.4 Å². The zero-order valence-electron chi connectivity index (χ0n) is 18.2. The van der Waals surface area contributed by atoms with Crippen molar-refractivity contribution in [2.75, 3.05) is 52.4 Å². The summed E-state index contributed by atoms with van der Waals surface area (Å²) in [5, 5.41) is 16.7. The minimum Gasteiger partial charge on any atom is -0.483 e. The normalized spacial score (nSPS) is 19.4. The molecule has 0 aliphatic carbocycles. The monoisotopic (exact) mass is 471 g/mol. The minimum absolute atomic E-state index is 0.0192. The average Bonchev–Trinajstić information content (AvgIpc) is 2.79. The Morgan fingerprint density at radius 2 is 1.74 bits per heavy atom. The van der Waals surface area contributed by atoms with E-state index in [-0.39, 0.29) is 24.2 Å². The standard InChI is InChI=1S/C21H32ClN3O2S.CH2O2/c1-17(28-16-18-2-4-19(22)5-3-18)21(27)25-8-6-20(7-9-25)24-12-10-23(11-13-24)14-15-26;2-1-3/h2-5,17,20,26H,6-16H2,1H3;1H,(H,2,3). The molecule has 1 amide bonds. The Morgan fingerprint density at radius 3 is 2.29 bits per heavy atom. The van der Waals surface area contributed by atoms with Gasteiger partial charge in [0.25, 0.3) is 6.47 Å². The zero-order valence-corrected chi connectivity index (χ0v) is 19.7. The molecule has 3 rings (SSSR count). The molecule has 9 heteroatoms. The van der Waals surface area contributed by atoms with Gasteiger partial charge in [-0.05, 0) is 37.5 Å². The zero-order chi connectivity index (χ0) is 22.6. The van der Waals surface area contributed by atoms with E-state index in [1.54, 1.807) is 11.8 Å². The largest absolute Gasteiger partial charge is 0.483 e. The number of β-amino-alcohol motifs (C(OH)–C–C–N with tert-alkyl or cyclic N) is 1. The third-order valence-corrected chi connectivity index (χ3v) is 7.33. The molecule has 0 aromatic heterocycles. The van der Waals surface area contributed by atoms with Gasteiger partial charge in [-0.2, -0.15) is 0 Å². The van der Waals surface area contributed by atoms with Gasteiger partial charge < -0.3 is 15.1 Å². The number of thioether (sulfide) groups is 1. The number of nitrogens with zero attached hydrogens (tertiary/aromatic N) is 3. The van der Waals surface area contributed by atoms with Gasteiger partial charge in [-0.3, -0.25) is 19.4 Å². The van der Waals surface area contributed by atoms with E-state index < -0.39 is 0 Å². The van der Waals surface area contributed by atoms with Gasteiger partial charge >= 0.3 is 0 Å². The second kappa shape index (κ2) is 14.0. The molecule has 1 aromatic rings. The van der Waals surface area contributed by atoms with Crippen molar-refractivity contribution >= 4 is 35.7 Å². The first-order chi connectivity index (χ1) is 15.0. The number of amides is 1. The van der Waals surface area contributed by atoms with Crippen LogP contribution in [0.15, 0.2) is 24.3 Å². The Balaban J connectivity index is 0.00000107. The predicted molar refractivity (Wildman–Crippen MR) is 126 cm³/mol. The third kappa shape index (κ3) is 8.61. The minimum atomic E-state index is -0.250. The number of piperazine rings is 1. The van der Waals surface area contributed by atoms with E-state index in [1.165, 1.54) is 5.56 Å². The smallest absolute Gasteiger partial charge is 0.290 e. The average molecular weight is 472 g/mol. The second-order valence-corrected chi connectivity index (χ2v) is 9.61. The molecule has 0 spiro atoms. The molecule has 0 saturated carbocycles. The van der Waals surface area contributed by atoms with Crippen LogP contribution in [0.25, 0.3) is 0 Å². The number of rotatable bonds is 7. The van der Waals surface area contributed by atoms with Gasteiger partial charge in [-0.15, -0.1) is 11.8 Å². The van der Waals surface area contributed by atoms with Crippen LogP contribution < -0.4 is 0 Å². The predicted octanol–water partition coefficient (Wildman–Crippen LogP) is 2.26. The highest BCUT2D eigenvalue weighted by Crippen LogP contribution is 2.24. The molecule has 2 aliphatic heterocycles. The lowest BCUT2D eigenvalue weighted by atomic mass is 10.0. The van der Waals surface area contributed by atoms with Gasteiger partial charge in [0, 0.05) is 62.6 Å². The first-order valence-electron chi connectivity index (χ1n) is 10.8. The van der Waals surface area contributed by atoms with E-state index >= 15 is 0 Å². The molecular formula is C22H34ClN3O4S. The van der Waals surface area contributed by atoms with E-state index in [0.29, 0.717) is 6.04 Å². The molecule has 0 bridgehead atoms. The molecule has 1 atom stereocenters. The maximum atomic E-state index is 12.8. The Bertz CT molecular complexity index is 663. The number of carbonyl (C=O) groups is 2. The number of hydrogen-bond acceptors (Lipinski definition) is 6. The van der Waals surface area contributed by atoms with E-state index in [9.17, 15) is 4.79 Å². The number of benzene rings is 1. The topological polar surface area (TPSA) is 84.3 Å². The molecule has 1 unspecified atom stereocenters. The first-order valence-corrected chi connectivity index (χ1v) is 12.2. The van der Waals surface area contributed by atoms with Crippen LogP contribution in [0.4, 0.5) is 0 Å². The van der Waals surface area contributed by atoms with Crippen LogP contribution in [0, 0.1) is 0 Å². The molecule has 31 heavy (non-hydrogen) atoms. The van der Waals surface area contributed by atoms with Crippen LogP contribution in [-0.2, 0) is 15.3 Å². The summed E-state index contributed by atoms with van der Waals surface area (Å²) in [7, 11) is 0. The highest BCUT2D eigenvalue weighted by atomic mass is 35.5. The van der Waals surface area contributed by atoms with Crippen molar-refractivity contribution in [3.05, 3.63) is 34.9 Å². The molecule has 0 radical (unpaired) electrons. The Labute approximate surface area is 194 Å². The summed E-state index contributed by atoms with van der Waals surface area (Å²) in [6, 6.07) is 8.45. The number of carbonyl (C=O) groups excluding carboxylic acids is 1. The fraction of sp³-hybridized carbons (Fsp3) is 0.636. The van der Waals surface area contributed by atoms with Crippen LogP contribution in [0.3, 0.4) is 0 Å². The fourth-order valence-corrected chi connectivity index (χ4v) is 5.13. The van der Waals surface area contributed by atoms with Crippen molar-refractivity contribution in [2.24, 2.45) is 0 Å². The van der Waals surface area contributed by atoms with Gasteiger partial charge in [0.2, 0.25) is 5.91 Å². The molecule has 1 aromatic carbocycles. The van der Waals surface area contributed by atoms with Crippen molar-refractivity contribution in [3.8, 4) is 0 Å². The van der Waals surface area contributed by atoms with Crippen molar-refractivity contribution in [2.45, 2.75) is 36.8 Å². The number of aliphatic hydroxyl groups is 1. The number of piperidine rings is 1. The van der Waals surface area contributed by atoms with Crippen LogP contribution in [-0.4, -0.2) is 101 Å². The SMILES string of the molecule is CC(SCc1ccc(Cl)cc1)C(=O)N1CCC(N2CCN(CCO)CC2)CC1.O=CO. The van der Waals surface area contributed by atoms with E-state index in [4.69, 9.17) is 26.6 Å². The third-order valence-electron chi connectivity index (χ3n) is 5.88. The Kier molecular flexibility index (Phi) is 11.7. The lowest BCUT2D eigenvalue weighted by Crippen LogP contribution is -2.54. The quantitative estimate of drug-likeness (QED) is 0.590. The molecular weight excluding hydrogens is 438 g/mol. The van der Waals surface area contributed by atoms with Gasteiger partial charge in [0.1, 0.15) is 0 Å². The van der Waals surface area contributed by atoms with Crippen LogP contribution in [0.5, 0.6) is 0 Å². The summed E-state index contributed by atoms with van der Waals surface area (Å²) in [5.41, 5.74) is 1.20. The Hall–Kier alpha value is -1.32. The summed E-state index contributed by atoms with van der Waals surface area (Å²) < 4.78 is 0. The van der Waals surface area contributed by atoms with Crippen molar-refractivity contribution in [3.63, 3.8) is 0 Å². The Morgan fingerprint density at radius 1 is 1.16 bits per heavy atom. The fourth-order valence-electron chi connectivity index (χ4n) is 4.08. The second-order valence-electron chi connectivity index (χ2n) is 7.84. The summed E-state index contributed by atoms with van der Waals surface area (Å²) >= 11 is 7.63. The van der Waals surface area contributed by atoms with Gasteiger partial charge in [0.05, 0.1) is 11.9 Å².